The van der Waals surface area contributed by atoms with Crippen LogP contribution in [0, 0.1) is 0 Å². The number of rotatable bonds is 1. The van der Waals surface area contributed by atoms with E-state index in [0.717, 1.165) is 17.4 Å². The second-order valence-electron chi connectivity index (χ2n) is 3.71. The molecule has 0 amide bonds. The summed E-state index contributed by atoms with van der Waals surface area (Å²) >= 11 is 3.53. The van der Waals surface area contributed by atoms with E-state index in [1.165, 1.54) is 32.5 Å². The van der Waals surface area contributed by atoms with Crippen molar-refractivity contribution in [3.63, 3.8) is 0 Å². The van der Waals surface area contributed by atoms with Crippen molar-refractivity contribution in [1.82, 2.24) is 5.32 Å². The summed E-state index contributed by atoms with van der Waals surface area (Å²) in [6.07, 6.45) is 2.88. The summed E-state index contributed by atoms with van der Waals surface area (Å²) in [4.78, 5) is 1.84. The van der Waals surface area contributed by atoms with Gasteiger partial charge in [-0.25, -0.2) is 0 Å². The molecule has 2 N–H and O–H groups in total. The van der Waals surface area contributed by atoms with Crippen LogP contribution in [0.3, 0.4) is 0 Å². The molecule has 64 valence electrons. The first-order chi connectivity index (χ1) is 5.40. The smallest absolute Gasteiger partial charge is 0.100 e. The van der Waals surface area contributed by atoms with Crippen molar-refractivity contribution in [2.45, 2.75) is 24.9 Å². The normalized spacial score (nSPS) is 43.9. The highest BCUT2D eigenvalue weighted by Gasteiger charge is 2.34. The number of halogens is 1. The minimum atomic E-state index is 0.722. The fraction of sp³-hybridized carbons (Fsp3) is 1.00. The van der Waals surface area contributed by atoms with Gasteiger partial charge in [-0.15, -0.1) is 0 Å². The van der Waals surface area contributed by atoms with Crippen molar-refractivity contribution in [1.29, 1.82) is 0 Å². The molecule has 0 aromatic heterocycles. The van der Waals surface area contributed by atoms with Gasteiger partial charge in [0.2, 0.25) is 0 Å². The first-order valence-electron chi connectivity index (χ1n) is 4.54. The Bertz CT molecular complexity index is 140. The van der Waals surface area contributed by atoms with Gasteiger partial charge in [-0.2, -0.15) is 0 Å². The monoisotopic (exact) mass is 219 g/mol. The first kappa shape index (κ1) is 8.02. The summed E-state index contributed by atoms with van der Waals surface area (Å²) in [5, 5.41) is 4.69. The quantitative estimate of drug-likeness (QED) is 0.564. The molecule has 0 bridgehead atoms. The topological polar surface area (TPSA) is 16.5 Å². The van der Waals surface area contributed by atoms with Gasteiger partial charge in [0.1, 0.15) is 6.04 Å². The average molecular weight is 220 g/mol. The summed E-state index contributed by atoms with van der Waals surface area (Å²) in [6, 6.07) is 1.66. The average Bonchev–Trinajstić information content (AvgIpc) is 2.50. The van der Waals surface area contributed by atoms with Gasteiger partial charge in [0.25, 0.3) is 0 Å². The maximum atomic E-state index is 3.57. The summed E-state index contributed by atoms with van der Waals surface area (Å²) in [6.45, 7) is 3.98. The van der Waals surface area contributed by atoms with E-state index in [0.29, 0.717) is 0 Å². The minimum absolute atomic E-state index is 0.722. The maximum absolute atomic E-state index is 3.57. The molecule has 2 rings (SSSR count). The van der Waals surface area contributed by atoms with E-state index in [1.807, 2.05) is 4.90 Å². The predicted octanol–water partition coefficient (Wildman–Crippen LogP) is -0.600. The lowest BCUT2D eigenvalue weighted by Crippen LogP contribution is -3.17. The lowest BCUT2D eigenvalue weighted by atomic mass is 10.1. The first-order valence-corrected chi connectivity index (χ1v) is 5.66. The Kier molecular flexibility index (Phi) is 2.49. The molecule has 0 aromatic carbocycles. The van der Waals surface area contributed by atoms with Crippen LogP contribution in [-0.2, 0) is 0 Å². The summed E-state index contributed by atoms with van der Waals surface area (Å²) < 4.78 is 0. The zero-order valence-corrected chi connectivity index (χ0v) is 8.36. The minimum Gasteiger partial charge on any atom is -0.330 e. The van der Waals surface area contributed by atoms with Gasteiger partial charge in [0.05, 0.1) is 19.1 Å². The molecule has 3 atom stereocenters. The molecule has 0 aliphatic carbocycles. The van der Waals surface area contributed by atoms with Gasteiger partial charge < -0.3 is 10.2 Å². The lowest BCUT2D eigenvalue weighted by molar-refractivity contribution is -0.916. The highest BCUT2D eigenvalue weighted by molar-refractivity contribution is 9.09. The molecule has 2 heterocycles. The molecular weight excluding hydrogens is 204 g/mol. The third-order valence-electron chi connectivity index (χ3n) is 2.98. The molecule has 0 spiro atoms. The van der Waals surface area contributed by atoms with Crippen molar-refractivity contribution in [3.05, 3.63) is 0 Å². The second kappa shape index (κ2) is 3.42. The third-order valence-corrected chi connectivity index (χ3v) is 3.76. The number of piperazine rings is 1. The number of quaternary nitrogens is 1. The van der Waals surface area contributed by atoms with Gasteiger partial charge in [-0.1, -0.05) is 15.9 Å². The molecule has 2 fully saturated rings. The lowest BCUT2D eigenvalue weighted by Gasteiger charge is -2.32. The van der Waals surface area contributed by atoms with Crippen LogP contribution in [0.2, 0.25) is 0 Å². The predicted molar refractivity (Wildman–Crippen MR) is 49.3 cm³/mol. The molecule has 0 aromatic rings. The van der Waals surface area contributed by atoms with E-state index in [4.69, 9.17) is 0 Å². The Balaban J connectivity index is 1.91. The number of hydrogen-bond acceptors (Lipinski definition) is 1. The summed E-state index contributed by atoms with van der Waals surface area (Å²) in [5.41, 5.74) is 0. The van der Waals surface area contributed by atoms with Crippen molar-refractivity contribution in [2.75, 3.05) is 25.0 Å². The molecule has 0 saturated carbocycles. The molecule has 11 heavy (non-hydrogen) atoms. The largest absolute Gasteiger partial charge is 0.330 e. The maximum Gasteiger partial charge on any atom is 0.100 e. The number of fused-ring (bicyclic) bond motifs is 1. The van der Waals surface area contributed by atoms with Crippen molar-refractivity contribution < 1.29 is 4.90 Å². The van der Waals surface area contributed by atoms with Crippen LogP contribution >= 0.6 is 15.9 Å². The summed E-state index contributed by atoms with van der Waals surface area (Å²) in [5.74, 6) is 0. The van der Waals surface area contributed by atoms with Gasteiger partial charge in [0, 0.05) is 24.7 Å². The zero-order valence-electron chi connectivity index (χ0n) is 6.78. The Morgan fingerprint density at radius 3 is 3.27 bits per heavy atom. The fourth-order valence-corrected chi connectivity index (χ4v) is 2.76. The number of nitrogens with one attached hydrogen (secondary N) is 2. The second-order valence-corrected chi connectivity index (χ2v) is 4.36. The molecule has 2 aliphatic rings. The molecule has 0 radical (unpaired) electrons. The Labute approximate surface area is 76.5 Å². The van der Waals surface area contributed by atoms with Crippen molar-refractivity contribution in [2.24, 2.45) is 0 Å². The number of alkyl halides is 1. The van der Waals surface area contributed by atoms with E-state index in [1.54, 1.807) is 0 Å². The molecule has 1 unspecified atom stereocenters. The third kappa shape index (κ3) is 1.60. The number of hydrogen-bond donors (Lipinski definition) is 2. The van der Waals surface area contributed by atoms with Crippen LogP contribution < -0.4 is 10.2 Å². The van der Waals surface area contributed by atoms with E-state index in [2.05, 4.69) is 21.2 Å². The van der Waals surface area contributed by atoms with Gasteiger partial charge >= 0.3 is 0 Å². The fourth-order valence-electron chi connectivity index (χ4n) is 2.31. The Morgan fingerprint density at radius 2 is 2.45 bits per heavy atom. The van der Waals surface area contributed by atoms with Crippen LogP contribution in [0.5, 0.6) is 0 Å². The van der Waals surface area contributed by atoms with Crippen molar-refractivity contribution in [3.8, 4) is 0 Å². The molecule has 2 nitrogen and oxygen atoms in total. The van der Waals surface area contributed by atoms with E-state index in [9.17, 15) is 0 Å². The van der Waals surface area contributed by atoms with Crippen LogP contribution in [0.25, 0.3) is 0 Å². The zero-order chi connectivity index (χ0) is 7.68. The van der Waals surface area contributed by atoms with Crippen LogP contribution in [0.1, 0.15) is 12.8 Å². The van der Waals surface area contributed by atoms with Crippen LogP contribution in [-0.4, -0.2) is 37.0 Å². The van der Waals surface area contributed by atoms with E-state index >= 15 is 0 Å². The van der Waals surface area contributed by atoms with Gasteiger partial charge in [0.15, 0.2) is 0 Å². The molecule has 2 aliphatic heterocycles. The highest BCUT2D eigenvalue weighted by Crippen LogP contribution is 2.03. The molecule has 3 heteroatoms. The van der Waals surface area contributed by atoms with Crippen LogP contribution in [0.15, 0.2) is 0 Å². The van der Waals surface area contributed by atoms with Gasteiger partial charge in [-0.3, -0.25) is 0 Å². The Hall–Kier alpha value is 0.400. The highest BCUT2D eigenvalue weighted by atomic mass is 79.9. The van der Waals surface area contributed by atoms with E-state index < -0.39 is 0 Å². The van der Waals surface area contributed by atoms with Crippen molar-refractivity contribution >= 4 is 15.9 Å². The standard InChI is InChI=1S/C8H15BrN2/c9-4-7-6-11-3-1-2-8(11)5-10-7/h7-8,10H,1-6H2/p+1/t7-,8-/m0/s1. The summed E-state index contributed by atoms with van der Waals surface area (Å²) in [7, 11) is 0. The van der Waals surface area contributed by atoms with E-state index in [-0.39, 0.29) is 0 Å². The molecule has 2 saturated heterocycles. The van der Waals surface area contributed by atoms with Gasteiger partial charge in [-0.05, 0) is 0 Å². The van der Waals surface area contributed by atoms with Crippen LogP contribution in [0.4, 0.5) is 0 Å². The SMILES string of the molecule is BrC[C@H]1C[NH+]2CCC[C@H]2CN1. The molecular formula is C8H16BrN2+. The Morgan fingerprint density at radius 1 is 1.55 bits per heavy atom.